The highest BCUT2D eigenvalue weighted by Crippen LogP contribution is 2.48. The number of nitrogens with zero attached hydrogens (tertiary/aromatic N) is 1. The van der Waals surface area contributed by atoms with Gasteiger partial charge in [-0.3, -0.25) is 4.79 Å². The fraction of sp³-hybridized carbons (Fsp3) is 0.300. The van der Waals surface area contributed by atoms with Crippen molar-refractivity contribution < 1.29 is 13.9 Å². The van der Waals surface area contributed by atoms with Crippen molar-refractivity contribution in [2.24, 2.45) is 10.9 Å². The van der Waals surface area contributed by atoms with E-state index >= 15 is 0 Å². The van der Waals surface area contributed by atoms with Crippen LogP contribution in [-0.2, 0) is 10.3 Å². The number of hydrogen-bond acceptors (Lipinski definition) is 4. The van der Waals surface area contributed by atoms with Crippen LogP contribution < -0.4 is 5.32 Å². The summed E-state index contributed by atoms with van der Waals surface area (Å²) in [4.78, 5) is 17.3. The summed E-state index contributed by atoms with van der Waals surface area (Å²) < 4.78 is 20.4. The van der Waals surface area contributed by atoms with Crippen LogP contribution in [0.4, 0.5) is 4.39 Å². The number of ether oxygens (including phenoxy) is 1. The Hall–Kier alpha value is -2.18. The lowest BCUT2D eigenvalue weighted by molar-refractivity contribution is 0.0977. The number of benzene rings is 2. The second-order valence-corrected chi connectivity index (χ2v) is 7.58. The van der Waals surface area contributed by atoms with Gasteiger partial charge in [0.1, 0.15) is 11.4 Å². The molecule has 6 heteroatoms. The van der Waals surface area contributed by atoms with Crippen molar-refractivity contribution in [2.75, 3.05) is 12.4 Å². The molecule has 2 aromatic rings. The molecule has 0 saturated carbocycles. The summed E-state index contributed by atoms with van der Waals surface area (Å²) >= 11 is 1.48. The van der Waals surface area contributed by atoms with Crippen molar-refractivity contribution in [3.63, 3.8) is 0 Å². The van der Waals surface area contributed by atoms with Gasteiger partial charge in [0.05, 0.1) is 12.7 Å². The van der Waals surface area contributed by atoms with Crippen LogP contribution in [0.1, 0.15) is 22.8 Å². The van der Waals surface area contributed by atoms with Gasteiger partial charge in [0.25, 0.3) is 5.91 Å². The molecule has 1 amide bonds. The molecule has 26 heavy (non-hydrogen) atoms. The molecule has 0 unspecified atom stereocenters. The fourth-order valence-corrected chi connectivity index (χ4v) is 4.89. The lowest BCUT2D eigenvalue weighted by atomic mass is 9.79. The standard InChI is InChI=1S/C20H19FN2O2S/c1-13-16-11-26-19(22-18(24)14-7-3-2-4-8-14)23-20(16,12-25-13)15-9-5-6-10-17(15)21/h2-10,13,16H,11-12H2,1H3,(H,22,23,24)/t13-,16+,20-/m0/s1. The largest absolute Gasteiger partial charge is 0.375 e. The van der Waals surface area contributed by atoms with Gasteiger partial charge in [-0.15, -0.1) is 0 Å². The molecule has 2 aliphatic heterocycles. The Kier molecular flexibility index (Phi) is 4.54. The summed E-state index contributed by atoms with van der Waals surface area (Å²) in [7, 11) is 0. The maximum atomic E-state index is 14.6. The maximum Gasteiger partial charge on any atom is 0.257 e. The van der Waals surface area contributed by atoms with E-state index < -0.39 is 5.54 Å². The highest BCUT2D eigenvalue weighted by atomic mass is 32.2. The molecule has 4 nitrogen and oxygen atoms in total. The Morgan fingerprint density at radius 1 is 1.23 bits per heavy atom. The number of halogens is 1. The number of aliphatic imine (C=N–C) groups is 1. The van der Waals surface area contributed by atoms with E-state index in [4.69, 9.17) is 9.73 Å². The first-order valence-electron chi connectivity index (χ1n) is 8.56. The molecule has 1 N–H and O–H groups in total. The zero-order chi connectivity index (χ0) is 18.1. The van der Waals surface area contributed by atoms with Crippen molar-refractivity contribution in [1.29, 1.82) is 0 Å². The predicted octanol–water partition coefficient (Wildman–Crippen LogP) is 3.59. The molecule has 4 rings (SSSR count). The molecule has 2 aromatic carbocycles. The van der Waals surface area contributed by atoms with Gasteiger partial charge < -0.3 is 10.1 Å². The van der Waals surface area contributed by atoms with Crippen LogP contribution in [0.3, 0.4) is 0 Å². The summed E-state index contributed by atoms with van der Waals surface area (Å²) in [6.45, 7) is 2.31. The van der Waals surface area contributed by atoms with Crippen LogP contribution in [0.2, 0.25) is 0 Å². The number of thioether (sulfide) groups is 1. The van der Waals surface area contributed by atoms with Gasteiger partial charge in [-0.2, -0.15) is 0 Å². The minimum atomic E-state index is -0.796. The Balaban J connectivity index is 1.70. The average molecular weight is 370 g/mol. The van der Waals surface area contributed by atoms with Crippen molar-refractivity contribution in [1.82, 2.24) is 5.32 Å². The van der Waals surface area contributed by atoms with Crippen molar-refractivity contribution >= 4 is 22.8 Å². The molecule has 1 fully saturated rings. The van der Waals surface area contributed by atoms with Crippen LogP contribution in [-0.4, -0.2) is 29.5 Å². The van der Waals surface area contributed by atoms with Gasteiger partial charge in [0, 0.05) is 22.8 Å². The van der Waals surface area contributed by atoms with Crippen molar-refractivity contribution in [3.05, 3.63) is 71.5 Å². The molecule has 0 spiro atoms. The van der Waals surface area contributed by atoms with Gasteiger partial charge in [-0.05, 0) is 25.1 Å². The normalized spacial score (nSPS) is 27.5. The average Bonchev–Trinajstić information content (AvgIpc) is 3.00. The van der Waals surface area contributed by atoms with E-state index in [9.17, 15) is 9.18 Å². The minimum absolute atomic E-state index is 0.0165. The topological polar surface area (TPSA) is 50.7 Å². The molecule has 0 aromatic heterocycles. The molecule has 134 valence electrons. The number of fused-ring (bicyclic) bond motifs is 1. The van der Waals surface area contributed by atoms with Crippen LogP contribution in [0, 0.1) is 11.7 Å². The number of carbonyl (C=O) groups excluding carboxylic acids is 1. The Labute approximate surface area is 155 Å². The Morgan fingerprint density at radius 2 is 1.96 bits per heavy atom. The summed E-state index contributed by atoms with van der Waals surface area (Å²) in [5.41, 5.74) is 0.296. The number of amidine groups is 1. The lowest BCUT2D eigenvalue weighted by Gasteiger charge is -2.36. The Bertz CT molecular complexity index is 858. The van der Waals surface area contributed by atoms with E-state index in [1.165, 1.54) is 17.8 Å². The molecule has 0 bridgehead atoms. The monoisotopic (exact) mass is 370 g/mol. The second-order valence-electron chi connectivity index (χ2n) is 6.57. The highest BCUT2D eigenvalue weighted by molar-refractivity contribution is 8.13. The summed E-state index contributed by atoms with van der Waals surface area (Å²) in [6, 6.07) is 15.7. The summed E-state index contributed by atoms with van der Waals surface area (Å²) in [6.07, 6.45) is -0.0165. The predicted molar refractivity (Wildman–Crippen MR) is 101 cm³/mol. The smallest absolute Gasteiger partial charge is 0.257 e. The molecule has 1 saturated heterocycles. The first kappa shape index (κ1) is 17.2. The van der Waals surface area contributed by atoms with Crippen molar-refractivity contribution in [3.8, 4) is 0 Å². The quantitative estimate of drug-likeness (QED) is 0.879. The van der Waals surface area contributed by atoms with E-state index in [0.717, 1.165) is 0 Å². The third kappa shape index (κ3) is 2.93. The molecule has 2 aliphatic rings. The lowest BCUT2D eigenvalue weighted by Crippen LogP contribution is -2.44. The molecule has 3 atom stereocenters. The van der Waals surface area contributed by atoms with E-state index in [-0.39, 0.29) is 23.7 Å². The molecular formula is C20H19FN2O2S. The van der Waals surface area contributed by atoms with Crippen LogP contribution in [0.25, 0.3) is 0 Å². The number of rotatable bonds is 2. The fourth-order valence-electron chi connectivity index (χ4n) is 3.61. The second kappa shape index (κ2) is 6.85. The van der Waals surface area contributed by atoms with Crippen LogP contribution in [0.15, 0.2) is 59.6 Å². The van der Waals surface area contributed by atoms with E-state index in [1.54, 1.807) is 24.3 Å². The van der Waals surface area contributed by atoms with Gasteiger partial charge in [0.2, 0.25) is 0 Å². The highest BCUT2D eigenvalue weighted by Gasteiger charge is 2.52. The number of nitrogens with one attached hydrogen (secondary N) is 1. The van der Waals surface area contributed by atoms with Crippen LogP contribution in [0.5, 0.6) is 0 Å². The van der Waals surface area contributed by atoms with E-state index in [2.05, 4.69) is 5.32 Å². The number of hydrogen-bond donors (Lipinski definition) is 1. The van der Waals surface area contributed by atoms with Gasteiger partial charge in [0.15, 0.2) is 5.17 Å². The molecule has 0 radical (unpaired) electrons. The Morgan fingerprint density at radius 3 is 2.73 bits per heavy atom. The third-order valence-electron chi connectivity index (χ3n) is 5.04. The first-order chi connectivity index (χ1) is 12.6. The van der Waals surface area contributed by atoms with Crippen molar-refractivity contribution in [2.45, 2.75) is 18.6 Å². The maximum absolute atomic E-state index is 14.6. The minimum Gasteiger partial charge on any atom is -0.375 e. The van der Waals surface area contributed by atoms with Gasteiger partial charge in [-0.1, -0.05) is 48.2 Å². The molecule has 2 heterocycles. The number of amides is 1. The third-order valence-corrected chi connectivity index (χ3v) is 6.04. The van der Waals surface area contributed by atoms with E-state index in [1.807, 2.05) is 31.2 Å². The van der Waals surface area contributed by atoms with Gasteiger partial charge in [-0.25, -0.2) is 9.38 Å². The van der Waals surface area contributed by atoms with E-state index in [0.29, 0.717) is 28.7 Å². The first-order valence-corrected chi connectivity index (χ1v) is 9.54. The summed E-state index contributed by atoms with van der Waals surface area (Å²) in [5, 5.41) is 3.38. The zero-order valence-corrected chi connectivity index (χ0v) is 15.1. The SMILES string of the molecule is C[C@@H]1OC[C@@]2(c3ccccc3F)N=C(NC(=O)c3ccccc3)SC[C@H]12. The summed E-state index contributed by atoms with van der Waals surface area (Å²) in [5.74, 6) is 0.260. The zero-order valence-electron chi connectivity index (χ0n) is 14.3. The van der Waals surface area contributed by atoms with Crippen LogP contribution >= 0.6 is 11.8 Å². The number of carbonyl (C=O) groups is 1. The molecular weight excluding hydrogens is 351 g/mol. The molecule has 0 aliphatic carbocycles. The van der Waals surface area contributed by atoms with Gasteiger partial charge >= 0.3 is 0 Å².